The van der Waals surface area contributed by atoms with Crippen LogP contribution in [0.3, 0.4) is 0 Å². The molecule has 5 aromatic heterocycles. The van der Waals surface area contributed by atoms with E-state index in [4.69, 9.17) is 5.73 Å². The molecule has 0 aliphatic heterocycles. The molecule has 0 fully saturated rings. The number of anilines is 4. The number of thiazole rings is 1. The Balaban J connectivity index is 1.31. The van der Waals surface area contributed by atoms with Crippen LogP contribution >= 0.6 is 22.7 Å². The molecule has 5 heterocycles. The smallest absolute Gasteiger partial charge is 0.265 e. The zero-order chi connectivity index (χ0) is 20.5. The van der Waals surface area contributed by atoms with Crippen LogP contribution < -0.4 is 16.4 Å². The van der Waals surface area contributed by atoms with E-state index in [2.05, 4.69) is 25.6 Å². The van der Waals surface area contributed by atoms with Crippen molar-refractivity contribution in [2.45, 2.75) is 0 Å². The summed E-state index contributed by atoms with van der Waals surface area (Å²) in [5.41, 5.74) is 8.91. The number of nitrogens with zero attached hydrogens (tertiary/aromatic N) is 4. The molecule has 0 bridgehead atoms. The van der Waals surface area contributed by atoms with Gasteiger partial charge in [-0.25, -0.2) is 15.0 Å². The minimum absolute atomic E-state index is 0.238. The van der Waals surface area contributed by atoms with Gasteiger partial charge in [0.2, 0.25) is 0 Å². The second-order valence-corrected chi connectivity index (χ2v) is 8.23. The highest BCUT2D eigenvalue weighted by atomic mass is 32.1. The van der Waals surface area contributed by atoms with Gasteiger partial charge in [-0.3, -0.25) is 9.20 Å². The molecule has 30 heavy (non-hydrogen) atoms. The van der Waals surface area contributed by atoms with Gasteiger partial charge in [-0.2, -0.15) is 0 Å². The van der Waals surface area contributed by atoms with Crippen molar-refractivity contribution in [1.29, 1.82) is 0 Å². The Hall–Kier alpha value is -3.76. The number of rotatable bonds is 5. The minimum Gasteiger partial charge on any atom is -0.382 e. The minimum atomic E-state index is -0.238. The van der Waals surface area contributed by atoms with Crippen LogP contribution in [0, 0.1) is 0 Å². The number of fused-ring (bicyclic) bond motifs is 1. The third kappa shape index (κ3) is 3.49. The summed E-state index contributed by atoms with van der Waals surface area (Å²) in [5, 5.41) is 9.57. The highest BCUT2D eigenvalue weighted by Crippen LogP contribution is 2.31. The van der Waals surface area contributed by atoms with Gasteiger partial charge in [-0.15, -0.1) is 22.7 Å². The summed E-state index contributed by atoms with van der Waals surface area (Å²) < 4.78 is 2.00. The molecule has 0 aliphatic carbocycles. The van der Waals surface area contributed by atoms with Gasteiger partial charge in [0, 0.05) is 17.8 Å². The Bertz CT molecular complexity index is 1350. The number of thiophene rings is 1. The molecular formula is C20H15N7OS2. The third-order valence-electron chi connectivity index (χ3n) is 4.33. The number of nitrogen functional groups attached to an aromatic ring is 1. The summed E-state index contributed by atoms with van der Waals surface area (Å²) in [6.07, 6.45) is 5.35. The molecular weight excluding hydrogens is 418 g/mol. The molecule has 0 aliphatic rings. The van der Waals surface area contributed by atoms with E-state index in [0.717, 1.165) is 27.2 Å². The zero-order valence-electron chi connectivity index (χ0n) is 15.4. The fourth-order valence-electron chi connectivity index (χ4n) is 2.91. The van der Waals surface area contributed by atoms with Crippen molar-refractivity contribution in [3.05, 3.63) is 71.3 Å². The SMILES string of the molecule is Nc1ncccc1NC(=O)c1ccc(Nc2nc(-c3cnc4ccccn34)cs2)s1. The topological polar surface area (TPSA) is 110 Å². The van der Waals surface area contributed by atoms with E-state index >= 15 is 0 Å². The molecule has 0 aromatic carbocycles. The quantitative estimate of drug-likeness (QED) is 0.377. The van der Waals surface area contributed by atoms with Crippen LogP contribution in [0.15, 0.2) is 66.4 Å². The predicted octanol–water partition coefficient (Wildman–Crippen LogP) is 4.49. The predicted molar refractivity (Wildman–Crippen MR) is 121 cm³/mol. The van der Waals surface area contributed by atoms with Crippen LogP contribution in [-0.4, -0.2) is 25.3 Å². The fraction of sp³-hybridized carbons (Fsp3) is 0. The van der Waals surface area contributed by atoms with E-state index in [1.807, 2.05) is 46.4 Å². The van der Waals surface area contributed by atoms with Crippen LogP contribution in [0.25, 0.3) is 17.0 Å². The average molecular weight is 434 g/mol. The number of carbonyl (C=O) groups is 1. The molecule has 8 nitrogen and oxygen atoms in total. The van der Waals surface area contributed by atoms with Gasteiger partial charge in [0.15, 0.2) is 5.13 Å². The van der Waals surface area contributed by atoms with Crippen molar-refractivity contribution in [2.24, 2.45) is 0 Å². The number of hydrogen-bond donors (Lipinski definition) is 3. The van der Waals surface area contributed by atoms with Gasteiger partial charge in [0.25, 0.3) is 5.91 Å². The first-order valence-electron chi connectivity index (χ1n) is 8.94. The molecule has 5 aromatic rings. The van der Waals surface area contributed by atoms with Gasteiger partial charge in [-0.1, -0.05) is 6.07 Å². The summed E-state index contributed by atoms with van der Waals surface area (Å²) in [7, 11) is 0. The van der Waals surface area contributed by atoms with E-state index in [0.29, 0.717) is 10.6 Å². The molecule has 10 heteroatoms. The number of amides is 1. The third-order valence-corrected chi connectivity index (χ3v) is 6.09. The summed E-state index contributed by atoms with van der Waals surface area (Å²) in [6, 6.07) is 12.9. The Labute approximate surface area is 179 Å². The van der Waals surface area contributed by atoms with Crippen molar-refractivity contribution in [2.75, 3.05) is 16.4 Å². The number of nitrogens with two attached hydrogens (primary N) is 1. The molecule has 0 radical (unpaired) electrons. The first-order valence-corrected chi connectivity index (χ1v) is 10.6. The van der Waals surface area contributed by atoms with Gasteiger partial charge < -0.3 is 16.4 Å². The second kappa shape index (κ2) is 7.58. The molecule has 5 rings (SSSR count). The van der Waals surface area contributed by atoms with Crippen LogP contribution in [0.5, 0.6) is 0 Å². The molecule has 0 spiro atoms. The number of carbonyl (C=O) groups excluding carboxylic acids is 1. The van der Waals surface area contributed by atoms with Crippen LogP contribution in [0.1, 0.15) is 9.67 Å². The van der Waals surface area contributed by atoms with E-state index in [-0.39, 0.29) is 11.7 Å². The lowest BCUT2D eigenvalue weighted by Gasteiger charge is -2.05. The number of hydrogen-bond acceptors (Lipinski definition) is 8. The van der Waals surface area contributed by atoms with E-state index in [9.17, 15) is 4.79 Å². The maximum absolute atomic E-state index is 12.5. The van der Waals surface area contributed by atoms with Gasteiger partial charge >= 0.3 is 0 Å². The Morgan fingerprint density at radius 1 is 1.10 bits per heavy atom. The molecule has 0 saturated heterocycles. The highest BCUT2D eigenvalue weighted by Gasteiger charge is 2.13. The summed E-state index contributed by atoms with van der Waals surface area (Å²) in [4.78, 5) is 26.1. The van der Waals surface area contributed by atoms with Crippen LogP contribution in [0.4, 0.5) is 21.6 Å². The fourth-order valence-corrected chi connectivity index (χ4v) is 4.49. The molecule has 0 saturated carbocycles. The Kier molecular flexibility index (Phi) is 4.62. The van der Waals surface area contributed by atoms with Crippen molar-refractivity contribution in [3.8, 4) is 11.4 Å². The van der Waals surface area contributed by atoms with Gasteiger partial charge in [-0.05, 0) is 36.4 Å². The van der Waals surface area contributed by atoms with E-state index < -0.39 is 0 Å². The lowest BCUT2D eigenvalue weighted by atomic mass is 10.3. The highest BCUT2D eigenvalue weighted by molar-refractivity contribution is 7.19. The standard InChI is InChI=1S/C20H15N7OS2/c21-18-12(4-3-8-22-18)24-19(28)15-6-7-17(30-15)26-20-25-13(11-29-20)14-10-23-16-5-1-2-9-27(14)16/h1-11H,(H2,21,22)(H,24,28)(H,25,26). The van der Waals surface area contributed by atoms with E-state index in [1.54, 1.807) is 24.4 Å². The van der Waals surface area contributed by atoms with Crippen molar-refractivity contribution >= 4 is 55.9 Å². The van der Waals surface area contributed by atoms with Crippen LogP contribution in [-0.2, 0) is 0 Å². The molecule has 1 amide bonds. The van der Waals surface area contributed by atoms with E-state index in [1.165, 1.54) is 22.7 Å². The largest absolute Gasteiger partial charge is 0.382 e. The second-order valence-electron chi connectivity index (χ2n) is 6.29. The zero-order valence-corrected chi connectivity index (χ0v) is 17.1. The maximum Gasteiger partial charge on any atom is 0.265 e. The number of imidazole rings is 1. The van der Waals surface area contributed by atoms with Crippen LogP contribution in [0.2, 0.25) is 0 Å². The monoisotopic (exact) mass is 433 g/mol. The first-order chi connectivity index (χ1) is 14.7. The average Bonchev–Trinajstić information content (AvgIpc) is 3.49. The molecule has 0 atom stereocenters. The molecule has 148 valence electrons. The summed E-state index contributed by atoms with van der Waals surface area (Å²) >= 11 is 2.83. The number of pyridine rings is 2. The van der Waals surface area contributed by atoms with Crippen molar-refractivity contribution in [1.82, 2.24) is 19.4 Å². The molecule has 0 unspecified atom stereocenters. The van der Waals surface area contributed by atoms with Gasteiger partial charge in [0.05, 0.1) is 27.5 Å². The Morgan fingerprint density at radius 2 is 2.03 bits per heavy atom. The summed E-state index contributed by atoms with van der Waals surface area (Å²) in [5.74, 6) is 0.0433. The Morgan fingerprint density at radius 3 is 2.93 bits per heavy atom. The van der Waals surface area contributed by atoms with Crippen molar-refractivity contribution < 1.29 is 4.79 Å². The normalized spacial score (nSPS) is 10.9. The van der Waals surface area contributed by atoms with Crippen molar-refractivity contribution in [3.63, 3.8) is 0 Å². The lowest BCUT2D eigenvalue weighted by Crippen LogP contribution is -2.12. The number of aromatic nitrogens is 4. The lowest BCUT2D eigenvalue weighted by molar-refractivity contribution is 0.103. The molecule has 4 N–H and O–H groups in total. The number of nitrogens with one attached hydrogen (secondary N) is 2. The maximum atomic E-state index is 12.5. The first kappa shape index (κ1) is 18.3. The van der Waals surface area contributed by atoms with Gasteiger partial charge in [0.1, 0.15) is 17.2 Å². The summed E-state index contributed by atoms with van der Waals surface area (Å²) in [6.45, 7) is 0.